The van der Waals surface area contributed by atoms with Crippen molar-refractivity contribution in [1.82, 2.24) is 24.8 Å². The molecule has 3 heterocycles. The average Bonchev–Trinajstić information content (AvgIpc) is 2.85. The Hall–Kier alpha value is -1.69. The molecule has 0 saturated carbocycles. The normalized spacial score (nSPS) is 17.0. The van der Waals surface area contributed by atoms with Gasteiger partial charge >= 0.3 is 0 Å². The van der Waals surface area contributed by atoms with Crippen LogP contribution >= 0.6 is 0 Å². The van der Waals surface area contributed by atoms with E-state index in [4.69, 9.17) is 4.52 Å². The summed E-state index contributed by atoms with van der Waals surface area (Å²) in [6.45, 7) is 7.81. The third-order valence-corrected chi connectivity index (χ3v) is 3.18. The summed E-state index contributed by atoms with van der Waals surface area (Å²) >= 11 is 0. The zero-order valence-electron chi connectivity index (χ0n) is 10.7. The smallest absolute Gasteiger partial charge is 0.223 e. The third-order valence-electron chi connectivity index (χ3n) is 3.18. The highest BCUT2D eigenvalue weighted by Crippen LogP contribution is 2.19. The summed E-state index contributed by atoms with van der Waals surface area (Å²) in [4.78, 5) is 6.53. The summed E-state index contributed by atoms with van der Waals surface area (Å²) in [5.41, 5.74) is 1.22. The molecule has 6 heteroatoms. The van der Waals surface area contributed by atoms with E-state index >= 15 is 0 Å². The Morgan fingerprint density at radius 1 is 1.39 bits per heavy atom. The van der Waals surface area contributed by atoms with Gasteiger partial charge in [-0.15, -0.1) is 0 Å². The second-order valence-electron chi connectivity index (χ2n) is 5.03. The minimum Gasteiger partial charge on any atom is -0.340 e. The Morgan fingerprint density at radius 3 is 2.83 bits per heavy atom. The number of hydrogen-bond acceptors (Lipinski definition) is 5. The van der Waals surface area contributed by atoms with Crippen LogP contribution in [0.2, 0.25) is 0 Å². The molecular formula is C12H17N5O. The highest BCUT2D eigenvalue weighted by molar-refractivity contribution is 5.00. The first-order valence-electron chi connectivity index (χ1n) is 6.19. The van der Waals surface area contributed by atoms with Gasteiger partial charge < -0.3 is 4.52 Å². The lowest BCUT2D eigenvalue weighted by Crippen LogP contribution is -2.47. The van der Waals surface area contributed by atoms with Gasteiger partial charge in [0, 0.05) is 38.7 Å². The highest BCUT2D eigenvalue weighted by Gasteiger charge is 2.28. The Labute approximate surface area is 106 Å². The van der Waals surface area contributed by atoms with Crippen molar-refractivity contribution in [2.45, 2.75) is 26.9 Å². The molecule has 0 amide bonds. The fourth-order valence-electron chi connectivity index (χ4n) is 2.36. The van der Waals surface area contributed by atoms with E-state index in [2.05, 4.69) is 33.3 Å². The van der Waals surface area contributed by atoms with Crippen LogP contribution in [0.1, 0.15) is 17.3 Å². The monoisotopic (exact) mass is 247 g/mol. The molecule has 6 nitrogen and oxygen atoms in total. The van der Waals surface area contributed by atoms with Crippen LogP contribution in [-0.2, 0) is 13.1 Å². The predicted octanol–water partition coefficient (Wildman–Crippen LogP) is 1.01. The van der Waals surface area contributed by atoms with Gasteiger partial charge in [-0.05, 0) is 12.5 Å². The molecule has 96 valence electrons. The van der Waals surface area contributed by atoms with Crippen LogP contribution < -0.4 is 0 Å². The molecule has 2 aromatic heterocycles. The molecule has 18 heavy (non-hydrogen) atoms. The molecule has 1 aliphatic heterocycles. The lowest BCUT2D eigenvalue weighted by atomic mass is 10.0. The van der Waals surface area contributed by atoms with Crippen molar-refractivity contribution >= 4 is 0 Å². The van der Waals surface area contributed by atoms with Gasteiger partial charge in [0.25, 0.3) is 0 Å². The van der Waals surface area contributed by atoms with E-state index in [0.29, 0.717) is 11.8 Å². The van der Waals surface area contributed by atoms with Gasteiger partial charge in [0.1, 0.15) is 0 Å². The van der Waals surface area contributed by atoms with Crippen LogP contribution in [0.5, 0.6) is 0 Å². The van der Waals surface area contributed by atoms with Crippen molar-refractivity contribution in [3.05, 3.63) is 29.7 Å². The van der Waals surface area contributed by atoms with E-state index in [1.165, 1.54) is 5.56 Å². The second-order valence-corrected chi connectivity index (χ2v) is 5.03. The largest absolute Gasteiger partial charge is 0.340 e. The minimum atomic E-state index is 0.633. The molecule has 0 aliphatic carbocycles. The molecule has 2 aromatic rings. The maximum Gasteiger partial charge on any atom is 0.223 e. The summed E-state index contributed by atoms with van der Waals surface area (Å²) in [6.07, 6.45) is 3.99. The Kier molecular flexibility index (Phi) is 2.87. The number of aryl methyl sites for hydroxylation is 2. The standard InChI is InChI=1S/C12H17N5O/c1-9-3-13-17(4-9)7-11-5-16(6-11)8-12-14-10(2)18-15-12/h3-4,11H,5-8H2,1-2H3. The fourth-order valence-corrected chi connectivity index (χ4v) is 2.36. The molecule has 0 radical (unpaired) electrons. The first kappa shape index (κ1) is 11.4. The molecule has 1 aliphatic rings. The summed E-state index contributed by atoms with van der Waals surface area (Å²) in [7, 11) is 0. The molecule has 1 fully saturated rings. The lowest BCUT2D eigenvalue weighted by Gasteiger charge is -2.38. The number of hydrogen-bond donors (Lipinski definition) is 0. The van der Waals surface area contributed by atoms with Crippen LogP contribution in [0.15, 0.2) is 16.9 Å². The molecular weight excluding hydrogens is 230 g/mol. The summed E-state index contributed by atoms with van der Waals surface area (Å²) < 4.78 is 6.98. The van der Waals surface area contributed by atoms with E-state index in [1.807, 2.05) is 17.8 Å². The van der Waals surface area contributed by atoms with Gasteiger partial charge in [0.15, 0.2) is 5.82 Å². The first-order chi connectivity index (χ1) is 8.69. The van der Waals surface area contributed by atoms with E-state index in [-0.39, 0.29) is 0 Å². The van der Waals surface area contributed by atoms with Crippen LogP contribution in [0.4, 0.5) is 0 Å². The lowest BCUT2D eigenvalue weighted by molar-refractivity contribution is 0.0743. The molecule has 1 saturated heterocycles. The van der Waals surface area contributed by atoms with Gasteiger partial charge in [-0.1, -0.05) is 5.16 Å². The first-order valence-corrected chi connectivity index (χ1v) is 6.19. The van der Waals surface area contributed by atoms with E-state index < -0.39 is 0 Å². The molecule has 0 aromatic carbocycles. The Morgan fingerprint density at radius 2 is 2.22 bits per heavy atom. The number of aromatic nitrogens is 4. The van der Waals surface area contributed by atoms with Crippen molar-refractivity contribution in [2.75, 3.05) is 13.1 Å². The topological polar surface area (TPSA) is 60.0 Å². The summed E-state index contributed by atoms with van der Waals surface area (Å²) in [5.74, 6) is 2.09. The van der Waals surface area contributed by atoms with Crippen molar-refractivity contribution in [3.8, 4) is 0 Å². The van der Waals surface area contributed by atoms with Gasteiger partial charge in [0.05, 0.1) is 12.7 Å². The van der Waals surface area contributed by atoms with Crippen molar-refractivity contribution in [2.24, 2.45) is 5.92 Å². The number of rotatable bonds is 4. The third kappa shape index (κ3) is 2.43. The summed E-state index contributed by atoms with van der Waals surface area (Å²) in [5, 5.41) is 8.21. The fraction of sp³-hybridized carbons (Fsp3) is 0.583. The van der Waals surface area contributed by atoms with Crippen molar-refractivity contribution in [3.63, 3.8) is 0 Å². The van der Waals surface area contributed by atoms with Crippen LogP contribution in [-0.4, -0.2) is 37.9 Å². The van der Waals surface area contributed by atoms with Crippen LogP contribution in [0.3, 0.4) is 0 Å². The highest BCUT2D eigenvalue weighted by atomic mass is 16.5. The summed E-state index contributed by atoms with van der Waals surface area (Å²) in [6, 6.07) is 0. The Bertz CT molecular complexity index is 480. The zero-order chi connectivity index (χ0) is 12.5. The molecule has 3 rings (SSSR count). The van der Waals surface area contributed by atoms with Crippen molar-refractivity contribution in [1.29, 1.82) is 0 Å². The predicted molar refractivity (Wildman–Crippen MR) is 64.8 cm³/mol. The number of nitrogens with zero attached hydrogens (tertiary/aromatic N) is 5. The molecule has 0 N–H and O–H groups in total. The number of likely N-dealkylation sites (tertiary alicyclic amines) is 1. The molecule has 0 unspecified atom stereocenters. The maximum absolute atomic E-state index is 4.96. The van der Waals surface area contributed by atoms with Gasteiger partial charge in [-0.3, -0.25) is 9.58 Å². The van der Waals surface area contributed by atoms with E-state index in [9.17, 15) is 0 Å². The van der Waals surface area contributed by atoms with Crippen molar-refractivity contribution < 1.29 is 4.52 Å². The van der Waals surface area contributed by atoms with E-state index in [0.717, 1.165) is 32.0 Å². The Balaban J connectivity index is 1.46. The molecule has 0 spiro atoms. The zero-order valence-corrected chi connectivity index (χ0v) is 10.7. The van der Waals surface area contributed by atoms with Crippen LogP contribution in [0, 0.1) is 19.8 Å². The van der Waals surface area contributed by atoms with Gasteiger partial charge in [0.2, 0.25) is 5.89 Å². The SMILES string of the molecule is Cc1cnn(CC2CN(Cc3noc(C)n3)C2)c1. The molecule has 0 bridgehead atoms. The molecule has 0 atom stereocenters. The van der Waals surface area contributed by atoms with Gasteiger partial charge in [-0.2, -0.15) is 10.1 Å². The quantitative estimate of drug-likeness (QED) is 0.807. The minimum absolute atomic E-state index is 0.633. The second kappa shape index (κ2) is 4.53. The maximum atomic E-state index is 4.96. The van der Waals surface area contributed by atoms with Gasteiger partial charge in [-0.25, -0.2) is 0 Å². The average molecular weight is 247 g/mol. The van der Waals surface area contributed by atoms with E-state index in [1.54, 1.807) is 0 Å². The van der Waals surface area contributed by atoms with Crippen LogP contribution in [0.25, 0.3) is 0 Å².